The molecule has 1 aromatic heterocycles. The van der Waals surface area contributed by atoms with Gasteiger partial charge in [-0.15, -0.1) is 0 Å². The quantitative estimate of drug-likeness (QED) is 0.432. The Labute approximate surface area is 185 Å². The summed E-state index contributed by atoms with van der Waals surface area (Å²) in [4.78, 5) is 23.6. The van der Waals surface area contributed by atoms with E-state index in [-0.39, 0.29) is 28.0 Å². The highest BCUT2D eigenvalue weighted by Crippen LogP contribution is 2.34. The van der Waals surface area contributed by atoms with Crippen LogP contribution in [0.25, 0.3) is 22.0 Å². The van der Waals surface area contributed by atoms with E-state index in [0.717, 1.165) is 23.3 Å². The highest BCUT2D eigenvalue weighted by molar-refractivity contribution is 7.93. The van der Waals surface area contributed by atoms with Gasteiger partial charge in [0.15, 0.2) is 11.6 Å². The molecular formula is C23H16F2N4O2S. The van der Waals surface area contributed by atoms with Crippen molar-refractivity contribution < 1.29 is 18.1 Å². The number of amides is 1. The lowest BCUT2D eigenvalue weighted by Gasteiger charge is -2.17. The molecule has 0 saturated heterocycles. The van der Waals surface area contributed by atoms with Gasteiger partial charge >= 0.3 is 0 Å². The monoisotopic (exact) mass is 450 g/mol. The van der Waals surface area contributed by atoms with Crippen LogP contribution in [-0.2, 0) is 13.1 Å². The van der Waals surface area contributed by atoms with Gasteiger partial charge in [-0.2, -0.15) is 0 Å². The van der Waals surface area contributed by atoms with Crippen molar-refractivity contribution in [2.24, 2.45) is 0 Å². The Balaban J connectivity index is 1.62. The topological polar surface area (TPSA) is 92.3 Å². The zero-order valence-corrected chi connectivity index (χ0v) is 17.4. The first-order valence-corrected chi connectivity index (χ1v) is 10.5. The molecular weight excluding hydrogens is 434 g/mol. The minimum Gasteiger partial charge on any atom is -0.368 e. The number of aromatic nitrogens is 2. The number of fused-ring (bicyclic) bond motifs is 2. The summed E-state index contributed by atoms with van der Waals surface area (Å²) in [6.45, 7) is 0.906. The Morgan fingerprint density at radius 2 is 1.69 bits per heavy atom. The summed E-state index contributed by atoms with van der Waals surface area (Å²) in [5.41, 5.74) is 9.32. The van der Waals surface area contributed by atoms with Gasteiger partial charge < -0.3 is 15.2 Å². The Kier molecular flexibility index (Phi) is 4.99. The van der Waals surface area contributed by atoms with Crippen LogP contribution < -0.4 is 5.73 Å². The van der Waals surface area contributed by atoms with Crippen LogP contribution in [-0.4, -0.2) is 25.3 Å². The Hall–Kier alpha value is -3.56. The van der Waals surface area contributed by atoms with Crippen LogP contribution in [0, 0.1) is 11.6 Å². The van der Waals surface area contributed by atoms with Crippen molar-refractivity contribution in [2.75, 3.05) is 5.73 Å². The molecule has 3 aromatic carbocycles. The van der Waals surface area contributed by atoms with Gasteiger partial charge in [0.1, 0.15) is 5.69 Å². The first-order valence-electron chi connectivity index (χ1n) is 9.69. The van der Waals surface area contributed by atoms with E-state index in [1.54, 1.807) is 23.1 Å². The van der Waals surface area contributed by atoms with E-state index in [4.69, 9.17) is 5.73 Å². The smallest absolute Gasteiger partial charge is 0.273 e. The van der Waals surface area contributed by atoms with Crippen molar-refractivity contribution in [3.05, 3.63) is 83.1 Å². The number of nitrogens with two attached hydrogens (primary N) is 1. The molecule has 6 nitrogen and oxygen atoms in total. The fourth-order valence-corrected chi connectivity index (χ4v) is 4.36. The largest absolute Gasteiger partial charge is 0.368 e. The summed E-state index contributed by atoms with van der Waals surface area (Å²) in [6.07, 6.45) is 0. The van der Waals surface area contributed by atoms with Crippen LogP contribution in [0.1, 0.15) is 21.6 Å². The fourth-order valence-electron chi connectivity index (χ4n) is 3.93. The third-order valence-electron chi connectivity index (χ3n) is 5.48. The Morgan fingerprint density at radius 1 is 1.00 bits per heavy atom. The third-order valence-corrected chi connectivity index (χ3v) is 6.01. The number of nitrogens with zero attached hydrogens (tertiary/aromatic N) is 3. The van der Waals surface area contributed by atoms with Gasteiger partial charge in [0.05, 0.1) is 5.52 Å². The number of hydrogen-bond donors (Lipinski definition) is 2. The van der Waals surface area contributed by atoms with Crippen LogP contribution in [0.3, 0.4) is 0 Å². The van der Waals surface area contributed by atoms with E-state index in [1.165, 1.54) is 0 Å². The van der Waals surface area contributed by atoms with E-state index >= 15 is 0 Å². The standard InChI is InChI=1S/C23H16F2N4O2S/c24-17-8-15(20(32-31)9-18(17)25)12-5-6-19-16(7-12)21(28-23(26)27-19)22(30)29-10-13-3-1-2-4-14(13)11-29/h1-9,31H,10-11H2,(H2,26,27,28). The second kappa shape index (κ2) is 7.85. The Bertz CT molecular complexity index is 1370. The number of carbonyl (C=O) groups excluding carboxylic acids is 1. The molecule has 0 aliphatic carbocycles. The average Bonchev–Trinajstić information content (AvgIpc) is 3.23. The lowest BCUT2D eigenvalue weighted by molar-refractivity contribution is 0.0747. The van der Waals surface area contributed by atoms with Crippen molar-refractivity contribution >= 4 is 34.8 Å². The first kappa shape index (κ1) is 20.3. The fraction of sp³-hybridized carbons (Fsp3) is 0.0870. The summed E-state index contributed by atoms with van der Waals surface area (Å²) in [5, 5.41) is 0.427. The molecule has 160 valence electrons. The molecule has 32 heavy (non-hydrogen) atoms. The summed E-state index contributed by atoms with van der Waals surface area (Å²) >= 11 is 0.312. The molecule has 4 aromatic rings. The normalized spacial score (nSPS) is 12.9. The molecule has 3 N–H and O–H groups in total. The van der Waals surface area contributed by atoms with Crippen LogP contribution in [0.2, 0.25) is 0 Å². The highest BCUT2D eigenvalue weighted by Gasteiger charge is 2.27. The van der Waals surface area contributed by atoms with Crippen molar-refractivity contribution in [1.29, 1.82) is 0 Å². The molecule has 0 atom stereocenters. The molecule has 0 unspecified atom stereocenters. The van der Waals surface area contributed by atoms with Crippen LogP contribution in [0.15, 0.2) is 59.5 Å². The zero-order chi connectivity index (χ0) is 22.4. The molecule has 2 heterocycles. The average molecular weight is 450 g/mol. The lowest BCUT2D eigenvalue weighted by atomic mass is 10.0. The summed E-state index contributed by atoms with van der Waals surface area (Å²) < 4.78 is 37.1. The number of carbonyl (C=O) groups is 1. The molecule has 1 amide bonds. The molecule has 0 spiro atoms. The second-order valence-corrected chi connectivity index (χ2v) is 8.07. The van der Waals surface area contributed by atoms with Gasteiger partial charge in [-0.05, 0) is 41.0 Å². The number of anilines is 1. The predicted molar refractivity (Wildman–Crippen MR) is 118 cm³/mol. The van der Waals surface area contributed by atoms with Crippen molar-refractivity contribution in [3.63, 3.8) is 0 Å². The molecule has 0 radical (unpaired) electrons. The van der Waals surface area contributed by atoms with Gasteiger partial charge in [-0.3, -0.25) is 4.79 Å². The molecule has 0 bridgehead atoms. The molecule has 5 rings (SSSR count). The molecule has 1 aliphatic rings. The highest BCUT2D eigenvalue weighted by atomic mass is 32.2. The van der Waals surface area contributed by atoms with Gasteiger partial charge in [0.2, 0.25) is 5.95 Å². The maximum absolute atomic E-state index is 13.9. The third kappa shape index (κ3) is 3.45. The SMILES string of the molecule is Nc1nc(C(=O)N2Cc3ccccc3C2)c2cc(-c3cc(F)c(F)cc3SO)ccc2n1. The maximum Gasteiger partial charge on any atom is 0.273 e. The van der Waals surface area contributed by atoms with Gasteiger partial charge in [0.25, 0.3) is 5.91 Å². The van der Waals surface area contributed by atoms with E-state index in [0.29, 0.717) is 41.6 Å². The van der Waals surface area contributed by atoms with Crippen LogP contribution in [0.5, 0.6) is 0 Å². The predicted octanol–water partition coefficient (Wildman–Crippen LogP) is 4.88. The van der Waals surface area contributed by atoms with E-state index in [1.807, 2.05) is 24.3 Å². The summed E-state index contributed by atoms with van der Waals surface area (Å²) in [7, 11) is 0. The molecule has 0 saturated carbocycles. The number of nitrogen functional groups attached to an aromatic ring is 1. The number of rotatable bonds is 3. The van der Waals surface area contributed by atoms with Gasteiger partial charge in [0, 0.05) is 41.0 Å². The van der Waals surface area contributed by atoms with Crippen molar-refractivity contribution in [3.8, 4) is 11.1 Å². The van der Waals surface area contributed by atoms with Gasteiger partial charge in [-0.1, -0.05) is 30.3 Å². The Morgan fingerprint density at radius 3 is 2.38 bits per heavy atom. The van der Waals surface area contributed by atoms with Crippen molar-refractivity contribution in [1.82, 2.24) is 14.9 Å². The number of benzene rings is 3. The van der Waals surface area contributed by atoms with Gasteiger partial charge in [-0.25, -0.2) is 18.7 Å². The van der Waals surface area contributed by atoms with E-state index in [9.17, 15) is 18.1 Å². The summed E-state index contributed by atoms with van der Waals surface area (Å²) in [6, 6.07) is 14.6. The van der Waals surface area contributed by atoms with Crippen molar-refractivity contribution in [2.45, 2.75) is 18.0 Å². The number of halogens is 2. The van der Waals surface area contributed by atoms with Crippen LogP contribution >= 0.6 is 12.0 Å². The minimum atomic E-state index is -1.06. The second-order valence-electron chi connectivity index (χ2n) is 7.45. The van der Waals surface area contributed by atoms with Crippen LogP contribution in [0.4, 0.5) is 14.7 Å². The molecule has 9 heteroatoms. The zero-order valence-electron chi connectivity index (χ0n) is 16.5. The van der Waals surface area contributed by atoms with E-state index < -0.39 is 11.6 Å². The molecule has 1 aliphatic heterocycles. The molecule has 0 fully saturated rings. The summed E-state index contributed by atoms with van der Waals surface area (Å²) in [5.74, 6) is -2.45. The number of hydrogen-bond acceptors (Lipinski definition) is 6. The lowest BCUT2D eigenvalue weighted by Crippen LogP contribution is -2.27. The maximum atomic E-state index is 13.9. The first-order chi connectivity index (χ1) is 15.4. The van der Waals surface area contributed by atoms with E-state index in [2.05, 4.69) is 9.97 Å². The minimum absolute atomic E-state index is 0.0373.